The van der Waals surface area contributed by atoms with E-state index in [1.807, 2.05) is 0 Å². The number of carboxylic acids is 1. The first kappa shape index (κ1) is 12.8. The molecule has 1 saturated carbocycles. The van der Waals surface area contributed by atoms with Crippen molar-refractivity contribution >= 4 is 5.97 Å². The first-order valence-corrected chi connectivity index (χ1v) is 6.64. The molecule has 2 rings (SSSR count). The molecule has 2 atom stereocenters. The van der Waals surface area contributed by atoms with E-state index in [0.29, 0.717) is 6.61 Å². The molecule has 4 nitrogen and oxygen atoms in total. The van der Waals surface area contributed by atoms with Crippen LogP contribution < -0.4 is 0 Å². The molecule has 2 fully saturated rings. The molecule has 1 spiro atoms. The summed E-state index contributed by atoms with van der Waals surface area (Å²) in [5, 5.41) is 8.73. The molecule has 1 unspecified atom stereocenters. The van der Waals surface area contributed by atoms with E-state index < -0.39 is 12.1 Å². The third-order valence-electron chi connectivity index (χ3n) is 3.98. The minimum Gasteiger partial charge on any atom is -0.479 e. The quantitative estimate of drug-likeness (QED) is 0.822. The molecule has 1 N–H and O–H groups in total. The highest BCUT2D eigenvalue weighted by molar-refractivity contribution is 5.71. The Hall–Kier alpha value is -0.610. The van der Waals surface area contributed by atoms with E-state index >= 15 is 0 Å². The van der Waals surface area contributed by atoms with Crippen molar-refractivity contribution in [2.75, 3.05) is 6.61 Å². The van der Waals surface area contributed by atoms with Gasteiger partial charge in [-0.1, -0.05) is 19.3 Å². The van der Waals surface area contributed by atoms with Gasteiger partial charge in [0.15, 0.2) is 6.10 Å². The third-order valence-corrected chi connectivity index (χ3v) is 3.98. The first-order valence-electron chi connectivity index (χ1n) is 6.64. The van der Waals surface area contributed by atoms with Gasteiger partial charge < -0.3 is 14.6 Å². The van der Waals surface area contributed by atoms with Crippen LogP contribution in [0.5, 0.6) is 0 Å². The van der Waals surface area contributed by atoms with Crippen LogP contribution in [0.3, 0.4) is 0 Å². The van der Waals surface area contributed by atoms with Gasteiger partial charge in [0, 0.05) is 0 Å². The molecule has 1 aliphatic carbocycles. The minimum absolute atomic E-state index is 0.0925. The Balaban J connectivity index is 1.76. The Bertz CT molecular complexity index is 271. The molecular weight excluding hydrogens is 220 g/mol. The predicted molar refractivity (Wildman–Crippen MR) is 63.0 cm³/mol. The molecule has 98 valence electrons. The summed E-state index contributed by atoms with van der Waals surface area (Å²) < 4.78 is 11.4. The van der Waals surface area contributed by atoms with Gasteiger partial charge in [0.05, 0.1) is 18.3 Å². The van der Waals surface area contributed by atoms with E-state index in [4.69, 9.17) is 14.6 Å². The summed E-state index contributed by atoms with van der Waals surface area (Å²) in [5.41, 5.74) is 0.0960. The van der Waals surface area contributed by atoms with E-state index in [2.05, 4.69) is 0 Å². The lowest BCUT2D eigenvalue weighted by Crippen LogP contribution is -2.33. The maximum absolute atomic E-state index is 10.6. The summed E-state index contributed by atoms with van der Waals surface area (Å²) in [6.07, 6.45) is 7.65. The Morgan fingerprint density at radius 1 is 1.41 bits per heavy atom. The Kier molecular flexibility index (Phi) is 4.05. The van der Waals surface area contributed by atoms with E-state index in [1.54, 1.807) is 6.92 Å². The third kappa shape index (κ3) is 3.19. The zero-order valence-corrected chi connectivity index (χ0v) is 10.5. The average Bonchev–Trinajstić information content (AvgIpc) is 2.70. The predicted octanol–water partition coefficient (Wildman–Crippen LogP) is 2.36. The highest BCUT2D eigenvalue weighted by Gasteiger charge is 2.40. The molecule has 0 radical (unpaired) electrons. The van der Waals surface area contributed by atoms with Gasteiger partial charge in [0.2, 0.25) is 0 Å². The maximum atomic E-state index is 10.6. The molecule has 0 aromatic rings. The summed E-state index contributed by atoms with van der Waals surface area (Å²) in [5.74, 6) is -0.907. The van der Waals surface area contributed by atoms with Crippen molar-refractivity contribution in [1.29, 1.82) is 0 Å². The van der Waals surface area contributed by atoms with Gasteiger partial charge in [-0.2, -0.15) is 0 Å². The van der Waals surface area contributed by atoms with E-state index in [-0.39, 0.29) is 11.7 Å². The summed E-state index contributed by atoms with van der Waals surface area (Å²) in [7, 11) is 0. The van der Waals surface area contributed by atoms with Gasteiger partial charge in [-0.25, -0.2) is 4.79 Å². The number of hydrogen-bond acceptors (Lipinski definition) is 3. The fraction of sp³-hybridized carbons (Fsp3) is 0.923. The van der Waals surface area contributed by atoms with Crippen molar-refractivity contribution < 1.29 is 19.4 Å². The van der Waals surface area contributed by atoms with Gasteiger partial charge in [-0.05, 0) is 32.6 Å². The second-order valence-electron chi connectivity index (χ2n) is 5.34. The van der Waals surface area contributed by atoms with Gasteiger partial charge in [-0.15, -0.1) is 0 Å². The highest BCUT2D eigenvalue weighted by atomic mass is 16.6. The Morgan fingerprint density at radius 3 is 2.76 bits per heavy atom. The molecule has 2 aliphatic rings. The Morgan fingerprint density at radius 2 is 2.12 bits per heavy atom. The average molecular weight is 242 g/mol. The van der Waals surface area contributed by atoms with Crippen LogP contribution in [0, 0.1) is 0 Å². The zero-order valence-electron chi connectivity index (χ0n) is 10.5. The van der Waals surface area contributed by atoms with Crippen LogP contribution in [0.4, 0.5) is 0 Å². The normalized spacial score (nSPS) is 29.4. The number of aliphatic carboxylic acids is 1. The van der Waals surface area contributed by atoms with Crippen molar-refractivity contribution in [1.82, 2.24) is 0 Å². The molecule has 0 aromatic heterocycles. The number of rotatable bonds is 4. The van der Waals surface area contributed by atoms with Crippen LogP contribution in [0.25, 0.3) is 0 Å². The standard InChI is InChI=1S/C13H22O4/c1-10(12(14)15)16-9-11-5-8-13(17-11)6-3-2-4-7-13/h10-11H,2-9H2,1H3,(H,14,15)/t10-,11?/m0/s1. The molecule has 17 heavy (non-hydrogen) atoms. The van der Waals surface area contributed by atoms with Crippen LogP contribution in [0.15, 0.2) is 0 Å². The second-order valence-corrected chi connectivity index (χ2v) is 5.34. The fourth-order valence-electron chi connectivity index (χ4n) is 2.90. The van der Waals surface area contributed by atoms with Gasteiger partial charge in [-0.3, -0.25) is 0 Å². The summed E-state index contributed by atoms with van der Waals surface area (Å²) in [4.78, 5) is 10.6. The highest BCUT2D eigenvalue weighted by Crippen LogP contribution is 2.41. The van der Waals surface area contributed by atoms with Crippen LogP contribution in [0.1, 0.15) is 51.9 Å². The van der Waals surface area contributed by atoms with Crippen LogP contribution in [-0.2, 0) is 14.3 Å². The molecule has 1 heterocycles. The van der Waals surface area contributed by atoms with Gasteiger partial charge in [0.1, 0.15) is 0 Å². The number of carboxylic acid groups (broad SMARTS) is 1. The number of ether oxygens (including phenoxy) is 2. The molecule has 1 saturated heterocycles. The lowest BCUT2D eigenvalue weighted by molar-refractivity contribution is -0.153. The van der Waals surface area contributed by atoms with E-state index in [9.17, 15) is 4.79 Å². The van der Waals surface area contributed by atoms with Crippen LogP contribution in [-0.4, -0.2) is 35.5 Å². The van der Waals surface area contributed by atoms with Crippen LogP contribution in [0.2, 0.25) is 0 Å². The molecule has 0 amide bonds. The van der Waals surface area contributed by atoms with E-state index in [1.165, 1.54) is 19.3 Å². The summed E-state index contributed by atoms with van der Waals surface area (Å²) >= 11 is 0. The van der Waals surface area contributed by atoms with E-state index in [0.717, 1.165) is 25.7 Å². The molecule has 0 aromatic carbocycles. The molecule has 1 aliphatic heterocycles. The second kappa shape index (κ2) is 5.36. The van der Waals surface area contributed by atoms with Crippen molar-refractivity contribution in [3.05, 3.63) is 0 Å². The van der Waals surface area contributed by atoms with Crippen molar-refractivity contribution in [2.24, 2.45) is 0 Å². The first-order chi connectivity index (χ1) is 8.11. The van der Waals surface area contributed by atoms with Gasteiger partial charge >= 0.3 is 5.97 Å². The van der Waals surface area contributed by atoms with Crippen molar-refractivity contribution in [3.63, 3.8) is 0 Å². The van der Waals surface area contributed by atoms with Crippen molar-refractivity contribution in [2.45, 2.75) is 69.7 Å². The molecule has 0 bridgehead atoms. The lowest BCUT2D eigenvalue weighted by Gasteiger charge is -2.33. The largest absolute Gasteiger partial charge is 0.479 e. The Labute approximate surface area is 102 Å². The topological polar surface area (TPSA) is 55.8 Å². The monoisotopic (exact) mass is 242 g/mol. The number of hydrogen-bond donors (Lipinski definition) is 1. The fourth-order valence-corrected chi connectivity index (χ4v) is 2.90. The van der Waals surface area contributed by atoms with Crippen molar-refractivity contribution in [3.8, 4) is 0 Å². The lowest BCUT2D eigenvalue weighted by atomic mass is 9.83. The van der Waals surface area contributed by atoms with Crippen LogP contribution >= 0.6 is 0 Å². The summed E-state index contributed by atoms with van der Waals surface area (Å²) in [6.45, 7) is 1.98. The molecular formula is C13H22O4. The molecule has 4 heteroatoms. The smallest absolute Gasteiger partial charge is 0.332 e. The summed E-state index contributed by atoms with van der Waals surface area (Å²) in [6, 6.07) is 0. The minimum atomic E-state index is -0.907. The SMILES string of the molecule is C[C@H](OCC1CCC2(CCCCC2)O1)C(=O)O. The maximum Gasteiger partial charge on any atom is 0.332 e. The van der Waals surface area contributed by atoms with Gasteiger partial charge in [0.25, 0.3) is 0 Å². The zero-order chi connectivity index (χ0) is 12.3. The number of carbonyl (C=O) groups is 1.